The van der Waals surface area contributed by atoms with Crippen LogP contribution in [0, 0.1) is 0 Å². The average Bonchev–Trinajstić information content (AvgIpc) is 0.711. The molecule has 0 aromatic heterocycles. The summed E-state index contributed by atoms with van der Waals surface area (Å²) in [5.74, 6) is 0. The Bertz CT molecular complexity index is 3710. The molecule has 0 saturated heterocycles. The van der Waals surface area contributed by atoms with Crippen molar-refractivity contribution < 1.29 is 231 Å². The predicted molar refractivity (Wildman–Crippen MR) is 300 cm³/mol. The van der Waals surface area contributed by atoms with Crippen molar-refractivity contribution in [2.45, 2.75) is 98.8 Å². The Hall–Kier alpha value is -8.81. The van der Waals surface area contributed by atoms with Crippen LogP contribution in [0.2, 0.25) is 0 Å². The summed E-state index contributed by atoms with van der Waals surface area (Å²) in [5.41, 5.74) is -60.4. The van der Waals surface area contributed by atoms with Crippen LogP contribution in [-0.4, -0.2) is 12.3 Å². The maximum atomic E-state index is 14.2. The minimum atomic E-state index is -6.13. The standard InChI is InChI=1S/2C32H12BF24.Pd/c2*34-25(35,36)13-1-14(26(37,38)39)6-21(5-13)33(22-7-15(27(40,41)42)2-16(8-22)28(43,44)45,23-9-17(29(46,47)48)3-18(10-23)30(49,50)51)24-11-19(31(52,53)54)4-20(12-24)32(55,56)57;/h2*1-12H;/q2*-1;+2. The first-order valence-corrected chi connectivity index (χ1v) is 29.2. The first kappa shape index (κ1) is 95.0. The van der Waals surface area contributed by atoms with Gasteiger partial charge in [0, 0.05) is 0 Å². The Labute approximate surface area is 619 Å². The van der Waals surface area contributed by atoms with Gasteiger partial charge in [-0.25, -0.2) is 0 Å². The molecule has 8 aromatic carbocycles. The molecule has 0 nitrogen and oxygen atoms in total. The normalized spacial score (nSPS) is 14.2. The number of hydrogen-bond acceptors (Lipinski definition) is 0. The van der Waals surface area contributed by atoms with E-state index in [0.717, 1.165) is 0 Å². The van der Waals surface area contributed by atoms with Crippen LogP contribution in [0.25, 0.3) is 0 Å². The fourth-order valence-electron chi connectivity index (χ4n) is 12.1. The molecule has 0 fully saturated rings. The number of alkyl halides is 48. The zero-order valence-electron chi connectivity index (χ0n) is 53.5. The average molecular weight is 1830 g/mol. The van der Waals surface area contributed by atoms with Crippen LogP contribution < -0.4 is 43.7 Å². The van der Waals surface area contributed by atoms with Crippen LogP contribution in [-0.2, 0) is 119 Å². The molecule has 0 N–H and O–H groups in total. The maximum absolute atomic E-state index is 14.2. The second-order valence-electron chi connectivity index (χ2n) is 24.4. The van der Waals surface area contributed by atoms with E-state index in [0.29, 0.717) is 0 Å². The largest absolute Gasteiger partial charge is 2.00 e. The van der Waals surface area contributed by atoms with Gasteiger partial charge in [-0.2, -0.15) is 254 Å². The Morgan fingerprint density at radius 3 is 0.200 bits per heavy atom. The maximum Gasteiger partial charge on any atom is 2.00 e. The monoisotopic (exact) mass is 1830 g/mol. The first-order valence-electron chi connectivity index (χ1n) is 29.2. The van der Waals surface area contributed by atoms with E-state index in [2.05, 4.69) is 0 Å². The van der Waals surface area contributed by atoms with Crippen molar-refractivity contribution in [3.8, 4) is 0 Å². The molecule has 8 rings (SSSR count). The third-order valence-electron chi connectivity index (χ3n) is 16.9. The van der Waals surface area contributed by atoms with Crippen LogP contribution in [0.4, 0.5) is 211 Å². The minimum absolute atomic E-state index is 0. The van der Waals surface area contributed by atoms with Crippen molar-refractivity contribution in [3.63, 3.8) is 0 Å². The smallest absolute Gasteiger partial charge is 0.194 e. The number of halogens is 48. The van der Waals surface area contributed by atoms with Crippen molar-refractivity contribution in [1.29, 1.82) is 0 Å². The van der Waals surface area contributed by atoms with Gasteiger partial charge < -0.3 is 0 Å². The Morgan fingerprint density at radius 1 is 0.104 bits per heavy atom. The summed E-state index contributed by atoms with van der Waals surface area (Å²) in [5, 5.41) is 0. The second-order valence-corrected chi connectivity index (χ2v) is 24.4. The Kier molecular flexibility index (Phi) is 24.8. The molecule has 8 aromatic rings. The zero-order valence-corrected chi connectivity index (χ0v) is 55.0. The fourth-order valence-corrected chi connectivity index (χ4v) is 12.1. The number of benzene rings is 8. The molecule has 0 amide bonds. The summed E-state index contributed by atoms with van der Waals surface area (Å²) < 4.78 is 682. The molecular formula is C64H24B2F48Pd. The van der Waals surface area contributed by atoms with Crippen LogP contribution >= 0.6 is 0 Å². The molecule has 0 heterocycles. The van der Waals surface area contributed by atoms with Gasteiger partial charge in [-0.3, -0.25) is 0 Å². The van der Waals surface area contributed by atoms with Gasteiger partial charge in [0.05, 0.1) is 89.0 Å². The third-order valence-corrected chi connectivity index (χ3v) is 16.9. The molecule has 0 saturated carbocycles. The molecule has 0 aliphatic rings. The Morgan fingerprint density at radius 2 is 0.157 bits per heavy atom. The minimum Gasteiger partial charge on any atom is -0.194 e. The van der Waals surface area contributed by atoms with E-state index in [1.807, 2.05) is 0 Å². The molecule has 0 atom stereocenters. The van der Waals surface area contributed by atoms with Gasteiger partial charge >= 0.3 is 119 Å². The molecule has 0 unspecified atom stereocenters. The Balaban J connectivity index is 0.000000355. The molecule has 51 heteroatoms. The van der Waals surface area contributed by atoms with Gasteiger partial charge in [0.25, 0.3) is 0 Å². The van der Waals surface area contributed by atoms with Gasteiger partial charge in [0.15, 0.2) is 0 Å². The summed E-state index contributed by atoms with van der Waals surface area (Å²) >= 11 is 0. The van der Waals surface area contributed by atoms with Crippen molar-refractivity contribution >= 4 is 56.0 Å². The van der Waals surface area contributed by atoms with E-state index >= 15 is 0 Å². The molecule has 632 valence electrons. The zero-order chi connectivity index (χ0) is 87.8. The fraction of sp³-hybridized carbons (Fsp3) is 0.250. The summed E-state index contributed by atoms with van der Waals surface area (Å²) in [6.45, 7) is 0. The van der Waals surface area contributed by atoms with Crippen LogP contribution in [0.5, 0.6) is 0 Å². The molecule has 0 radical (unpaired) electrons. The molecule has 0 aliphatic carbocycles. The SMILES string of the molecule is FC(F)(F)c1cc([B-](c2cc(C(F)(F)F)cc(C(F)(F)F)c2)(c2cc(C(F)(F)F)cc(C(F)(F)F)c2)c2cc(C(F)(F)F)cc(C(F)(F)F)c2)cc(C(F)(F)F)c1.FC(F)(F)c1cc([B-](c2cc(C(F)(F)F)cc(C(F)(F)F)c2)(c2cc(C(F)(F)F)cc(C(F)(F)F)c2)c2cc(C(F)(F)F)cc(C(F)(F)F)c2)cc(C(F)(F)F)c1.[Pd+2]. The third kappa shape index (κ3) is 21.0. The summed E-state index contributed by atoms with van der Waals surface area (Å²) in [4.78, 5) is 0. The van der Waals surface area contributed by atoms with Crippen LogP contribution in [0.3, 0.4) is 0 Å². The van der Waals surface area contributed by atoms with Crippen LogP contribution in [0.15, 0.2) is 146 Å². The van der Waals surface area contributed by atoms with Gasteiger partial charge in [-0.1, -0.05) is 97.1 Å². The molecule has 115 heavy (non-hydrogen) atoms. The summed E-state index contributed by atoms with van der Waals surface area (Å²) in [6, 6.07) is -17.6. The van der Waals surface area contributed by atoms with Crippen molar-refractivity contribution in [1.82, 2.24) is 0 Å². The number of rotatable bonds is 8. The van der Waals surface area contributed by atoms with E-state index in [1.165, 1.54) is 0 Å². The summed E-state index contributed by atoms with van der Waals surface area (Å²) in [7, 11) is 0. The van der Waals surface area contributed by atoms with E-state index in [-0.39, 0.29) is 20.4 Å². The first-order chi connectivity index (χ1) is 50.5. The van der Waals surface area contributed by atoms with Gasteiger partial charge in [-0.05, 0) is 48.5 Å². The van der Waals surface area contributed by atoms with E-state index in [4.69, 9.17) is 0 Å². The van der Waals surface area contributed by atoms with Crippen molar-refractivity contribution in [2.24, 2.45) is 0 Å². The molecule has 0 spiro atoms. The summed E-state index contributed by atoms with van der Waals surface area (Å²) in [6.07, 6.45) is -110. The van der Waals surface area contributed by atoms with Crippen molar-refractivity contribution in [2.75, 3.05) is 0 Å². The molecular weight excluding hydrogens is 1810 g/mol. The van der Waals surface area contributed by atoms with Gasteiger partial charge in [-0.15, -0.1) is 0 Å². The number of hydrogen-bond donors (Lipinski definition) is 0. The quantitative estimate of drug-likeness (QED) is 0.105. The topological polar surface area (TPSA) is 0 Å². The van der Waals surface area contributed by atoms with E-state index in [1.54, 1.807) is 0 Å². The van der Waals surface area contributed by atoms with E-state index < -0.39 is 389 Å². The van der Waals surface area contributed by atoms with Crippen LogP contribution in [0.1, 0.15) is 89.0 Å². The van der Waals surface area contributed by atoms with Crippen molar-refractivity contribution in [3.05, 3.63) is 235 Å². The van der Waals surface area contributed by atoms with Gasteiger partial charge in [0.1, 0.15) is 12.3 Å². The predicted octanol–water partition coefficient (Wildman–Crippen LogP) is 22.4. The van der Waals surface area contributed by atoms with Gasteiger partial charge in [0.2, 0.25) is 0 Å². The molecule has 0 aliphatic heterocycles. The second kappa shape index (κ2) is 30.0. The molecule has 0 bridgehead atoms. The van der Waals surface area contributed by atoms with E-state index in [9.17, 15) is 211 Å².